The smallest absolute Gasteiger partial charge is 0.323 e. The van der Waals surface area contributed by atoms with Gasteiger partial charge in [-0.15, -0.1) is 0 Å². The number of likely N-dealkylation sites (N-methyl/N-ethyl adjacent to an activating group) is 1. The molecule has 6 heteroatoms. The van der Waals surface area contributed by atoms with E-state index in [0.717, 1.165) is 0 Å². The number of aliphatic carboxylic acids is 1. The molecular weight excluding hydrogens is 248 g/mol. The van der Waals surface area contributed by atoms with Gasteiger partial charge in [0.15, 0.2) is 5.78 Å². The van der Waals surface area contributed by atoms with Crippen LogP contribution in [0.2, 0.25) is 0 Å². The van der Waals surface area contributed by atoms with Crippen LogP contribution >= 0.6 is 0 Å². The molecule has 0 radical (unpaired) electrons. The van der Waals surface area contributed by atoms with Crippen LogP contribution in [0.25, 0.3) is 0 Å². The van der Waals surface area contributed by atoms with Crippen molar-refractivity contribution in [2.75, 3.05) is 13.6 Å². The van der Waals surface area contributed by atoms with Gasteiger partial charge in [0.1, 0.15) is 5.54 Å². The molecule has 0 aliphatic rings. The van der Waals surface area contributed by atoms with Gasteiger partial charge in [-0.05, 0) is 33.7 Å². The highest BCUT2D eigenvalue weighted by atomic mass is 16.4. The molecule has 2 N–H and O–H groups in total. The molecule has 0 fully saturated rings. The number of carbonyl (C=O) groups is 3. The van der Waals surface area contributed by atoms with Crippen LogP contribution in [-0.2, 0) is 14.4 Å². The lowest BCUT2D eigenvalue weighted by Crippen LogP contribution is -2.53. The number of hydrogen-bond acceptors (Lipinski definition) is 4. The molecule has 1 amide bonds. The molecule has 110 valence electrons. The van der Waals surface area contributed by atoms with Gasteiger partial charge in [-0.2, -0.15) is 0 Å². The maximum absolute atomic E-state index is 11.8. The second-order valence-electron chi connectivity index (χ2n) is 5.62. The van der Waals surface area contributed by atoms with E-state index in [1.54, 1.807) is 7.05 Å². The summed E-state index contributed by atoms with van der Waals surface area (Å²) in [6, 6.07) is -0.533. The van der Waals surface area contributed by atoms with Crippen LogP contribution in [0.4, 0.5) is 0 Å². The van der Waals surface area contributed by atoms with E-state index in [2.05, 4.69) is 5.32 Å². The minimum atomic E-state index is -1.14. The fourth-order valence-electron chi connectivity index (χ4n) is 1.53. The topological polar surface area (TPSA) is 86.7 Å². The number of carboxylic acids is 1. The Balaban J connectivity index is 4.63. The minimum Gasteiger partial charge on any atom is -0.480 e. The molecule has 0 rings (SSSR count). The molecule has 0 aromatic rings. The molecule has 0 aromatic heterocycles. The van der Waals surface area contributed by atoms with Gasteiger partial charge in [0.05, 0.1) is 12.6 Å². The van der Waals surface area contributed by atoms with Crippen LogP contribution < -0.4 is 5.32 Å². The molecule has 0 aromatic carbocycles. The quantitative estimate of drug-likeness (QED) is 0.705. The zero-order chi connectivity index (χ0) is 15.4. The molecule has 0 heterocycles. The Morgan fingerprint density at radius 3 is 2.05 bits per heavy atom. The SMILES string of the molecule is CC(=O)C(NC(=O)CN(C)C(C)(C)C(=O)O)C(C)C. The average molecular weight is 272 g/mol. The van der Waals surface area contributed by atoms with Crippen LogP contribution in [-0.4, -0.2) is 52.8 Å². The zero-order valence-electron chi connectivity index (χ0n) is 12.5. The van der Waals surface area contributed by atoms with Crippen molar-refractivity contribution in [3.63, 3.8) is 0 Å². The number of Topliss-reactive ketones (excluding diaryl/α,β-unsaturated/α-hetero) is 1. The van der Waals surface area contributed by atoms with E-state index < -0.39 is 17.6 Å². The average Bonchev–Trinajstić information content (AvgIpc) is 2.24. The maximum Gasteiger partial charge on any atom is 0.323 e. The van der Waals surface area contributed by atoms with Crippen molar-refractivity contribution in [3.8, 4) is 0 Å². The van der Waals surface area contributed by atoms with E-state index in [-0.39, 0.29) is 24.2 Å². The van der Waals surface area contributed by atoms with Gasteiger partial charge in [-0.1, -0.05) is 13.8 Å². The lowest BCUT2D eigenvalue weighted by molar-refractivity contribution is -0.149. The van der Waals surface area contributed by atoms with Gasteiger partial charge in [-0.3, -0.25) is 19.3 Å². The lowest BCUT2D eigenvalue weighted by Gasteiger charge is -2.31. The van der Waals surface area contributed by atoms with E-state index in [1.807, 2.05) is 13.8 Å². The molecular formula is C13H24N2O4. The Hall–Kier alpha value is -1.43. The Morgan fingerprint density at radius 2 is 1.74 bits per heavy atom. The third kappa shape index (κ3) is 4.98. The first-order chi connectivity index (χ1) is 8.50. The van der Waals surface area contributed by atoms with Gasteiger partial charge < -0.3 is 10.4 Å². The van der Waals surface area contributed by atoms with Crippen LogP contribution in [0.1, 0.15) is 34.6 Å². The number of carboxylic acid groups (broad SMARTS) is 1. The van der Waals surface area contributed by atoms with Crippen LogP contribution in [0.15, 0.2) is 0 Å². The van der Waals surface area contributed by atoms with Crippen molar-refractivity contribution < 1.29 is 19.5 Å². The summed E-state index contributed by atoms with van der Waals surface area (Å²) in [6.07, 6.45) is 0. The standard InChI is InChI=1S/C13H24N2O4/c1-8(2)11(9(3)16)14-10(17)7-15(6)13(4,5)12(18)19/h8,11H,7H2,1-6H3,(H,14,17)(H,18,19). The number of carbonyl (C=O) groups excluding carboxylic acids is 2. The van der Waals surface area contributed by atoms with Crippen LogP contribution in [0.5, 0.6) is 0 Å². The van der Waals surface area contributed by atoms with E-state index >= 15 is 0 Å². The lowest BCUT2D eigenvalue weighted by atomic mass is 10.0. The summed E-state index contributed by atoms with van der Waals surface area (Å²) in [4.78, 5) is 35.7. The number of nitrogens with one attached hydrogen (secondary N) is 1. The first-order valence-corrected chi connectivity index (χ1v) is 6.24. The molecule has 0 saturated heterocycles. The number of ketones is 1. The van der Waals surface area contributed by atoms with Crippen LogP contribution in [0, 0.1) is 5.92 Å². The second kappa shape index (κ2) is 6.65. The molecule has 0 spiro atoms. The number of amides is 1. The third-order valence-electron chi connectivity index (χ3n) is 3.28. The van der Waals surface area contributed by atoms with Gasteiger partial charge in [0, 0.05) is 0 Å². The van der Waals surface area contributed by atoms with Crippen molar-refractivity contribution in [1.82, 2.24) is 10.2 Å². The van der Waals surface area contributed by atoms with Crippen molar-refractivity contribution in [1.29, 1.82) is 0 Å². The number of nitrogens with zero attached hydrogens (tertiary/aromatic N) is 1. The normalized spacial score (nSPS) is 13.5. The summed E-state index contributed by atoms with van der Waals surface area (Å²) in [5, 5.41) is 11.7. The van der Waals surface area contributed by atoms with E-state index in [9.17, 15) is 14.4 Å². The summed E-state index contributed by atoms with van der Waals surface area (Å²) >= 11 is 0. The molecule has 6 nitrogen and oxygen atoms in total. The van der Waals surface area contributed by atoms with Crippen molar-refractivity contribution >= 4 is 17.7 Å². The van der Waals surface area contributed by atoms with Gasteiger partial charge >= 0.3 is 5.97 Å². The largest absolute Gasteiger partial charge is 0.480 e. The fourth-order valence-corrected chi connectivity index (χ4v) is 1.53. The predicted octanol–water partition coefficient (Wildman–Crippen LogP) is 0.511. The Morgan fingerprint density at radius 1 is 1.26 bits per heavy atom. The van der Waals surface area contributed by atoms with E-state index in [4.69, 9.17) is 5.11 Å². The molecule has 0 saturated carbocycles. The third-order valence-corrected chi connectivity index (χ3v) is 3.28. The highest BCUT2D eigenvalue weighted by Crippen LogP contribution is 2.12. The van der Waals surface area contributed by atoms with Crippen molar-refractivity contribution in [3.05, 3.63) is 0 Å². The van der Waals surface area contributed by atoms with Gasteiger partial charge in [0.25, 0.3) is 0 Å². The first kappa shape index (κ1) is 17.6. The van der Waals surface area contributed by atoms with Crippen molar-refractivity contribution in [2.24, 2.45) is 5.92 Å². The van der Waals surface area contributed by atoms with Gasteiger partial charge in [-0.25, -0.2) is 0 Å². The highest BCUT2D eigenvalue weighted by Gasteiger charge is 2.33. The number of hydrogen-bond donors (Lipinski definition) is 2. The van der Waals surface area contributed by atoms with E-state index in [0.29, 0.717) is 0 Å². The second-order valence-corrected chi connectivity index (χ2v) is 5.62. The van der Waals surface area contributed by atoms with Gasteiger partial charge in [0.2, 0.25) is 5.91 Å². The Bertz CT molecular complexity index is 364. The number of rotatable bonds is 7. The molecule has 1 atom stereocenters. The highest BCUT2D eigenvalue weighted by molar-refractivity contribution is 5.88. The Labute approximate surface area is 114 Å². The minimum absolute atomic E-state index is 0.000704. The summed E-state index contributed by atoms with van der Waals surface area (Å²) in [7, 11) is 1.56. The molecule has 0 bridgehead atoms. The summed E-state index contributed by atoms with van der Waals surface area (Å²) < 4.78 is 0. The maximum atomic E-state index is 11.8. The molecule has 1 unspecified atom stereocenters. The Kier molecular flexibility index (Phi) is 6.15. The van der Waals surface area contributed by atoms with Crippen LogP contribution in [0.3, 0.4) is 0 Å². The molecule has 19 heavy (non-hydrogen) atoms. The molecule has 0 aliphatic carbocycles. The predicted molar refractivity (Wildman–Crippen MR) is 71.8 cm³/mol. The van der Waals surface area contributed by atoms with E-state index in [1.165, 1.54) is 25.7 Å². The monoisotopic (exact) mass is 272 g/mol. The zero-order valence-corrected chi connectivity index (χ0v) is 12.5. The fraction of sp³-hybridized carbons (Fsp3) is 0.769. The molecule has 0 aliphatic heterocycles. The summed E-state index contributed by atoms with van der Waals surface area (Å²) in [5.74, 6) is -1.47. The first-order valence-electron chi connectivity index (χ1n) is 6.24. The summed E-state index contributed by atoms with van der Waals surface area (Å²) in [5.41, 5.74) is -1.14. The summed E-state index contributed by atoms with van der Waals surface area (Å²) in [6.45, 7) is 8.08. The van der Waals surface area contributed by atoms with Crippen molar-refractivity contribution in [2.45, 2.75) is 46.2 Å².